The Morgan fingerprint density at radius 3 is 2.68 bits per heavy atom. The Balaban J connectivity index is 1.27. The lowest BCUT2D eigenvalue weighted by Gasteiger charge is -2.32. The fraction of sp³-hybridized carbons (Fsp3) is 0.296. The molecule has 3 N–H and O–H groups in total. The fourth-order valence-corrected chi connectivity index (χ4v) is 5.29. The van der Waals surface area contributed by atoms with Crippen LogP contribution >= 0.6 is 11.3 Å². The number of carbonyl (C=O) groups excluding carboxylic acids is 1. The molecule has 1 saturated heterocycles. The van der Waals surface area contributed by atoms with Crippen molar-refractivity contribution < 1.29 is 9.53 Å². The molecule has 9 nitrogen and oxygen atoms in total. The minimum atomic E-state index is -0.408. The van der Waals surface area contributed by atoms with E-state index in [9.17, 15) is 10.1 Å². The third kappa shape index (κ3) is 5.53. The molecule has 0 spiro atoms. The Kier molecular flexibility index (Phi) is 6.99. The Labute approximate surface area is 218 Å². The summed E-state index contributed by atoms with van der Waals surface area (Å²) in [5, 5.41) is 12.7. The minimum Gasteiger partial charge on any atom is -0.437 e. The molecule has 4 aromatic rings. The van der Waals surface area contributed by atoms with Crippen LogP contribution in [0, 0.1) is 25.2 Å². The van der Waals surface area contributed by atoms with Crippen molar-refractivity contribution in [2.24, 2.45) is 5.73 Å². The zero-order valence-electron chi connectivity index (χ0n) is 20.7. The number of benzene rings is 2. The highest BCUT2D eigenvalue weighted by molar-refractivity contribution is 7.17. The molecule has 0 unspecified atom stereocenters. The molecule has 3 heterocycles. The number of piperidine rings is 1. The molecule has 1 aliphatic rings. The average molecular weight is 514 g/mol. The van der Waals surface area contributed by atoms with E-state index in [-0.39, 0.29) is 6.04 Å². The quantitative estimate of drug-likeness (QED) is 0.368. The summed E-state index contributed by atoms with van der Waals surface area (Å²) in [6.07, 6.45) is 1.86. The van der Waals surface area contributed by atoms with Crippen molar-refractivity contribution >= 4 is 33.5 Å². The summed E-state index contributed by atoms with van der Waals surface area (Å²) in [4.78, 5) is 27.6. The van der Waals surface area contributed by atoms with E-state index >= 15 is 0 Å². The summed E-state index contributed by atoms with van der Waals surface area (Å²) in [6.45, 7) is 6.43. The molecule has 2 aromatic heterocycles. The lowest BCUT2D eigenvalue weighted by atomic mass is 10.0. The first kappa shape index (κ1) is 24.6. The summed E-state index contributed by atoms with van der Waals surface area (Å²) >= 11 is 1.43. The Bertz CT molecular complexity index is 1480. The molecule has 2 aromatic carbocycles. The monoisotopic (exact) mass is 513 g/mol. The van der Waals surface area contributed by atoms with E-state index in [1.165, 1.54) is 11.3 Å². The number of anilines is 1. The molecule has 1 aliphatic heterocycles. The predicted molar refractivity (Wildman–Crippen MR) is 143 cm³/mol. The normalized spacial score (nSPS) is 14.4. The van der Waals surface area contributed by atoms with E-state index in [0.29, 0.717) is 34.4 Å². The van der Waals surface area contributed by atoms with Gasteiger partial charge in [0.15, 0.2) is 5.65 Å². The van der Waals surface area contributed by atoms with Crippen LogP contribution in [0.3, 0.4) is 0 Å². The number of amides is 1. The second-order valence-corrected chi connectivity index (χ2v) is 10.1. The van der Waals surface area contributed by atoms with Gasteiger partial charge in [-0.3, -0.25) is 9.69 Å². The van der Waals surface area contributed by atoms with Gasteiger partial charge in [0.25, 0.3) is 0 Å². The van der Waals surface area contributed by atoms with E-state index in [1.54, 1.807) is 11.6 Å². The van der Waals surface area contributed by atoms with E-state index in [1.807, 2.05) is 44.2 Å². The summed E-state index contributed by atoms with van der Waals surface area (Å²) in [5.74, 6) is 1.23. The van der Waals surface area contributed by atoms with Crippen LogP contribution in [0.1, 0.15) is 45.5 Å². The van der Waals surface area contributed by atoms with Gasteiger partial charge in [-0.15, -0.1) is 11.3 Å². The second kappa shape index (κ2) is 10.5. The minimum absolute atomic E-state index is 0.218. The molecule has 0 aliphatic carbocycles. The van der Waals surface area contributed by atoms with Gasteiger partial charge < -0.3 is 15.8 Å². The molecule has 0 saturated carbocycles. The van der Waals surface area contributed by atoms with Crippen LogP contribution < -0.4 is 15.8 Å². The number of carbonyl (C=O) groups is 1. The van der Waals surface area contributed by atoms with Gasteiger partial charge in [-0.2, -0.15) is 15.2 Å². The van der Waals surface area contributed by atoms with E-state index < -0.39 is 5.91 Å². The molecule has 10 heteroatoms. The number of aryl methyl sites for hydroxylation is 2. The van der Waals surface area contributed by atoms with Gasteiger partial charge >= 0.3 is 0 Å². The summed E-state index contributed by atoms with van der Waals surface area (Å²) < 4.78 is 7.06. The SMILES string of the molecule is Cc1cc(C#N)cc(C)c1Oc1nc(NC2CCN(Cc3cccc(C(N)=O)c3)CC2)nc2ncsc12. The number of likely N-dealkylation sites (tertiary alicyclic amines) is 1. The largest absolute Gasteiger partial charge is 0.437 e. The summed E-state index contributed by atoms with van der Waals surface area (Å²) in [5.41, 5.74) is 11.7. The number of nitrogens with two attached hydrogens (primary N) is 1. The van der Waals surface area contributed by atoms with Gasteiger partial charge in [0.2, 0.25) is 17.7 Å². The summed E-state index contributed by atoms with van der Waals surface area (Å²) in [6, 6.07) is 13.5. The Morgan fingerprint density at radius 2 is 1.97 bits per heavy atom. The van der Waals surface area contributed by atoms with Crippen molar-refractivity contribution in [2.45, 2.75) is 39.3 Å². The van der Waals surface area contributed by atoms with Gasteiger partial charge in [0.1, 0.15) is 10.4 Å². The number of thiazole rings is 1. The highest BCUT2D eigenvalue weighted by Crippen LogP contribution is 2.35. The third-order valence-electron chi connectivity index (χ3n) is 6.49. The van der Waals surface area contributed by atoms with Crippen LogP contribution in [0.5, 0.6) is 11.6 Å². The Morgan fingerprint density at radius 1 is 1.22 bits per heavy atom. The predicted octanol–water partition coefficient (Wildman–Crippen LogP) is 4.54. The lowest BCUT2D eigenvalue weighted by Crippen LogP contribution is -2.39. The third-order valence-corrected chi connectivity index (χ3v) is 7.29. The second-order valence-electron chi connectivity index (χ2n) is 9.27. The first-order valence-electron chi connectivity index (χ1n) is 12.1. The number of nitrogens with zero attached hydrogens (tertiary/aromatic N) is 5. The molecular formula is C27H27N7O2S. The van der Waals surface area contributed by atoms with Gasteiger partial charge in [-0.05, 0) is 67.6 Å². The first-order valence-corrected chi connectivity index (χ1v) is 13.0. The van der Waals surface area contributed by atoms with Crippen molar-refractivity contribution in [3.8, 4) is 17.7 Å². The number of ether oxygens (including phenoxy) is 1. The van der Waals surface area contributed by atoms with Crippen LogP contribution in [0.2, 0.25) is 0 Å². The van der Waals surface area contributed by atoms with E-state index in [4.69, 9.17) is 15.5 Å². The van der Waals surface area contributed by atoms with Crippen LogP contribution in [0.25, 0.3) is 10.3 Å². The van der Waals surface area contributed by atoms with Crippen LogP contribution in [0.15, 0.2) is 41.9 Å². The topological polar surface area (TPSA) is 130 Å². The fourth-order valence-electron chi connectivity index (χ4n) is 4.64. The standard InChI is InChI=1S/C27H27N7O2S/c1-16-10-19(13-28)11-17(2)22(16)36-26-23-25(30-15-37-23)32-27(33-26)31-21-6-8-34(9-7-21)14-18-4-3-5-20(12-18)24(29)35/h3-5,10-12,15,21H,6-9,14H2,1-2H3,(H2,29,35)(H,31,32,33). The average Bonchev–Trinajstić information content (AvgIpc) is 3.36. The number of hydrogen-bond donors (Lipinski definition) is 2. The number of aromatic nitrogens is 3. The molecule has 0 radical (unpaired) electrons. The molecule has 5 rings (SSSR count). The maximum absolute atomic E-state index is 11.5. The van der Waals surface area contributed by atoms with Crippen molar-refractivity contribution in [2.75, 3.05) is 18.4 Å². The van der Waals surface area contributed by atoms with Crippen molar-refractivity contribution in [3.63, 3.8) is 0 Å². The van der Waals surface area contributed by atoms with Crippen molar-refractivity contribution in [1.82, 2.24) is 19.9 Å². The first-order chi connectivity index (χ1) is 17.9. The van der Waals surface area contributed by atoms with Gasteiger partial charge in [-0.25, -0.2) is 4.98 Å². The molecule has 0 atom stereocenters. The number of rotatable bonds is 7. The number of hydrogen-bond acceptors (Lipinski definition) is 9. The number of nitrogens with one attached hydrogen (secondary N) is 1. The van der Waals surface area contributed by atoms with Gasteiger partial charge in [0, 0.05) is 31.2 Å². The highest BCUT2D eigenvalue weighted by atomic mass is 32.1. The molecular weight excluding hydrogens is 486 g/mol. The molecule has 1 fully saturated rings. The lowest BCUT2D eigenvalue weighted by molar-refractivity contribution is 0.1000. The number of primary amides is 1. The zero-order valence-corrected chi connectivity index (χ0v) is 21.5. The van der Waals surface area contributed by atoms with Gasteiger partial charge in [-0.1, -0.05) is 12.1 Å². The van der Waals surface area contributed by atoms with Crippen LogP contribution in [0.4, 0.5) is 5.95 Å². The highest BCUT2D eigenvalue weighted by Gasteiger charge is 2.22. The zero-order chi connectivity index (χ0) is 25.9. The van der Waals surface area contributed by atoms with Crippen LogP contribution in [-0.2, 0) is 6.54 Å². The molecule has 188 valence electrons. The number of fused-ring (bicyclic) bond motifs is 1. The Hall–Kier alpha value is -4.07. The molecule has 1 amide bonds. The maximum atomic E-state index is 11.5. The van der Waals surface area contributed by atoms with Crippen LogP contribution in [-0.4, -0.2) is 44.9 Å². The molecule has 0 bridgehead atoms. The van der Waals surface area contributed by atoms with E-state index in [2.05, 4.69) is 26.3 Å². The maximum Gasteiger partial charge on any atom is 0.248 e. The molecule has 37 heavy (non-hydrogen) atoms. The smallest absolute Gasteiger partial charge is 0.248 e. The van der Waals surface area contributed by atoms with E-state index in [0.717, 1.165) is 53.9 Å². The van der Waals surface area contributed by atoms with Crippen molar-refractivity contribution in [1.29, 1.82) is 5.26 Å². The summed E-state index contributed by atoms with van der Waals surface area (Å²) in [7, 11) is 0. The van der Waals surface area contributed by atoms with Crippen molar-refractivity contribution in [3.05, 3.63) is 69.7 Å². The number of nitriles is 1. The van der Waals surface area contributed by atoms with Gasteiger partial charge in [0.05, 0.1) is 17.1 Å².